The number of nitrogens with zero attached hydrogens (tertiary/aromatic N) is 1. The van der Waals surface area contributed by atoms with E-state index in [0.29, 0.717) is 18.0 Å². The second-order valence-corrected chi connectivity index (χ2v) is 6.05. The minimum atomic E-state index is -1.24. The smallest absolute Gasteiger partial charge is 0.329 e. The zero-order valence-electron chi connectivity index (χ0n) is 9.99. The Hall–Kier alpha value is -1.15. The van der Waals surface area contributed by atoms with Crippen molar-refractivity contribution in [2.75, 3.05) is 5.32 Å². The summed E-state index contributed by atoms with van der Waals surface area (Å²) in [4.78, 5) is 26.9. The molecule has 0 fully saturated rings. The number of urea groups is 1. The maximum absolute atomic E-state index is 11.7. The maximum Gasteiger partial charge on any atom is 0.329 e. The summed E-state index contributed by atoms with van der Waals surface area (Å²) in [7, 11) is 0. The van der Waals surface area contributed by atoms with Gasteiger partial charge in [-0.3, -0.25) is 5.32 Å². The molecule has 1 aromatic rings. The highest BCUT2D eigenvalue weighted by Gasteiger charge is 2.36. The van der Waals surface area contributed by atoms with Gasteiger partial charge in [0, 0.05) is 0 Å². The van der Waals surface area contributed by atoms with Crippen LogP contribution in [0.2, 0.25) is 0 Å². The Balaban J connectivity index is 2.70. The molecule has 18 heavy (non-hydrogen) atoms. The highest BCUT2D eigenvalue weighted by atomic mass is 79.9. The Morgan fingerprint density at radius 3 is 2.50 bits per heavy atom. The van der Waals surface area contributed by atoms with E-state index in [2.05, 4.69) is 31.5 Å². The molecule has 1 aromatic heterocycles. The Labute approximate surface area is 117 Å². The first-order valence-electron chi connectivity index (χ1n) is 5.37. The molecule has 6 nitrogen and oxygen atoms in total. The van der Waals surface area contributed by atoms with Gasteiger partial charge >= 0.3 is 12.0 Å². The first-order chi connectivity index (χ1) is 8.43. The number of hydrogen-bond donors (Lipinski definition) is 3. The molecule has 0 aliphatic carbocycles. The second kappa shape index (κ2) is 6.14. The number of hydrogen-bond acceptors (Lipinski definition) is 4. The van der Waals surface area contributed by atoms with E-state index in [1.54, 1.807) is 20.0 Å². The second-order valence-electron chi connectivity index (χ2n) is 3.64. The summed E-state index contributed by atoms with van der Waals surface area (Å²) >= 11 is 4.48. The van der Waals surface area contributed by atoms with Crippen LogP contribution in [0, 0.1) is 0 Å². The first-order valence-corrected chi connectivity index (χ1v) is 6.98. The third kappa shape index (κ3) is 3.42. The largest absolute Gasteiger partial charge is 0.480 e. The Morgan fingerprint density at radius 2 is 2.11 bits per heavy atom. The molecule has 0 radical (unpaired) electrons. The van der Waals surface area contributed by atoms with E-state index >= 15 is 0 Å². The van der Waals surface area contributed by atoms with E-state index in [1.165, 1.54) is 11.3 Å². The molecular weight excluding hydrogens is 322 g/mol. The van der Waals surface area contributed by atoms with Crippen molar-refractivity contribution in [3.05, 3.63) is 9.98 Å². The van der Waals surface area contributed by atoms with Gasteiger partial charge < -0.3 is 10.4 Å². The highest BCUT2D eigenvalue weighted by Crippen LogP contribution is 2.23. The van der Waals surface area contributed by atoms with Gasteiger partial charge in [0.2, 0.25) is 0 Å². The van der Waals surface area contributed by atoms with Crippen LogP contribution in [0.4, 0.5) is 9.93 Å². The molecule has 2 amide bonds. The molecule has 1 rings (SSSR count). The van der Waals surface area contributed by atoms with Gasteiger partial charge in [0.25, 0.3) is 0 Å². The van der Waals surface area contributed by atoms with Crippen LogP contribution in [0.3, 0.4) is 0 Å². The lowest BCUT2D eigenvalue weighted by atomic mass is 9.93. The summed E-state index contributed by atoms with van der Waals surface area (Å²) in [6, 6.07) is -0.567. The average Bonchev–Trinajstić information content (AvgIpc) is 2.71. The number of anilines is 1. The number of rotatable bonds is 5. The van der Waals surface area contributed by atoms with Gasteiger partial charge in [-0.05, 0) is 28.8 Å². The van der Waals surface area contributed by atoms with Crippen LogP contribution in [0.5, 0.6) is 0 Å². The van der Waals surface area contributed by atoms with Crippen LogP contribution in [0.25, 0.3) is 0 Å². The van der Waals surface area contributed by atoms with Gasteiger partial charge in [-0.1, -0.05) is 25.2 Å². The molecule has 8 heteroatoms. The number of carboxylic acid groups (broad SMARTS) is 1. The van der Waals surface area contributed by atoms with Crippen LogP contribution < -0.4 is 10.6 Å². The SMILES string of the molecule is CCC(CC)(NC(=O)Nc1ncc(Br)s1)C(=O)O. The quantitative estimate of drug-likeness (QED) is 0.771. The van der Waals surface area contributed by atoms with E-state index in [4.69, 9.17) is 0 Å². The summed E-state index contributed by atoms with van der Waals surface area (Å²) in [6.45, 7) is 3.44. The van der Waals surface area contributed by atoms with Crippen molar-refractivity contribution in [1.82, 2.24) is 10.3 Å². The fourth-order valence-electron chi connectivity index (χ4n) is 1.44. The lowest BCUT2D eigenvalue weighted by Gasteiger charge is -2.27. The number of carbonyl (C=O) groups is 2. The van der Waals surface area contributed by atoms with E-state index in [9.17, 15) is 14.7 Å². The molecule has 0 aromatic carbocycles. The summed E-state index contributed by atoms with van der Waals surface area (Å²) in [5, 5.41) is 14.6. The Bertz CT molecular complexity index is 445. The van der Waals surface area contributed by atoms with Gasteiger partial charge in [-0.15, -0.1) is 0 Å². The Morgan fingerprint density at radius 1 is 1.50 bits per heavy atom. The molecular formula is C10H14BrN3O3S. The predicted octanol–water partition coefficient (Wildman–Crippen LogP) is 2.67. The van der Waals surface area contributed by atoms with Crippen molar-refractivity contribution in [2.45, 2.75) is 32.2 Å². The molecule has 0 aliphatic heterocycles. The van der Waals surface area contributed by atoms with Crippen LogP contribution in [-0.2, 0) is 4.79 Å². The van der Waals surface area contributed by atoms with Crippen molar-refractivity contribution >= 4 is 44.4 Å². The highest BCUT2D eigenvalue weighted by molar-refractivity contribution is 9.11. The van der Waals surface area contributed by atoms with Crippen molar-refractivity contribution in [3.63, 3.8) is 0 Å². The number of amides is 2. The standard InChI is InChI=1S/C10H14BrN3O3S/c1-3-10(4-2,7(15)16)14-8(17)13-9-12-5-6(11)18-9/h5H,3-4H2,1-2H3,(H,15,16)(H2,12,13,14,17). The molecule has 0 spiro atoms. The number of aromatic nitrogens is 1. The topological polar surface area (TPSA) is 91.3 Å². The van der Waals surface area contributed by atoms with Gasteiger partial charge in [0.05, 0.1) is 9.98 Å². The molecule has 1 heterocycles. The minimum Gasteiger partial charge on any atom is -0.480 e. The molecule has 0 saturated heterocycles. The molecule has 0 unspecified atom stereocenters. The van der Waals surface area contributed by atoms with Crippen molar-refractivity contribution in [3.8, 4) is 0 Å². The summed E-state index contributed by atoms with van der Waals surface area (Å²) in [5.74, 6) is -1.04. The summed E-state index contributed by atoms with van der Waals surface area (Å²) < 4.78 is 0.785. The predicted molar refractivity (Wildman–Crippen MR) is 72.9 cm³/mol. The number of carbonyl (C=O) groups excluding carboxylic acids is 1. The van der Waals surface area contributed by atoms with E-state index in [0.717, 1.165) is 3.79 Å². The van der Waals surface area contributed by atoms with Crippen molar-refractivity contribution in [1.29, 1.82) is 0 Å². The minimum absolute atomic E-state index is 0.313. The number of aliphatic carboxylic acids is 1. The third-order valence-electron chi connectivity index (χ3n) is 2.67. The summed E-state index contributed by atoms with van der Waals surface area (Å²) in [5.41, 5.74) is -1.24. The lowest BCUT2D eigenvalue weighted by Crippen LogP contribution is -2.54. The van der Waals surface area contributed by atoms with Crippen LogP contribution >= 0.6 is 27.3 Å². The van der Waals surface area contributed by atoms with Crippen LogP contribution in [-0.4, -0.2) is 27.6 Å². The maximum atomic E-state index is 11.7. The number of thiazole rings is 1. The van der Waals surface area contributed by atoms with Gasteiger partial charge in [0.1, 0.15) is 5.54 Å². The van der Waals surface area contributed by atoms with Gasteiger partial charge in [0.15, 0.2) is 5.13 Å². The molecule has 3 N–H and O–H groups in total. The number of halogens is 1. The molecule has 100 valence electrons. The molecule has 0 saturated carbocycles. The monoisotopic (exact) mass is 335 g/mol. The third-order valence-corrected chi connectivity index (χ3v) is 4.06. The first kappa shape index (κ1) is 14.9. The fraction of sp³-hybridized carbons (Fsp3) is 0.500. The van der Waals surface area contributed by atoms with Crippen LogP contribution in [0.15, 0.2) is 9.98 Å². The van der Waals surface area contributed by atoms with Gasteiger partial charge in [-0.25, -0.2) is 14.6 Å². The van der Waals surface area contributed by atoms with E-state index in [-0.39, 0.29) is 0 Å². The molecule has 0 bridgehead atoms. The normalized spacial score (nSPS) is 11.1. The average molecular weight is 336 g/mol. The molecule has 0 atom stereocenters. The van der Waals surface area contributed by atoms with E-state index in [1.807, 2.05) is 0 Å². The Kier molecular flexibility index (Phi) is 5.09. The fourth-order valence-corrected chi connectivity index (χ4v) is 2.54. The zero-order valence-corrected chi connectivity index (χ0v) is 12.4. The van der Waals surface area contributed by atoms with Gasteiger partial charge in [-0.2, -0.15) is 0 Å². The molecule has 0 aliphatic rings. The lowest BCUT2D eigenvalue weighted by molar-refractivity contribution is -0.144. The zero-order chi connectivity index (χ0) is 13.8. The number of carboxylic acids is 1. The van der Waals surface area contributed by atoms with E-state index < -0.39 is 17.5 Å². The summed E-state index contributed by atoms with van der Waals surface area (Å²) in [6.07, 6.45) is 2.19. The van der Waals surface area contributed by atoms with Crippen LogP contribution in [0.1, 0.15) is 26.7 Å². The van der Waals surface area contributed by atoms with Crippen molar-refractivity contribution in [2.24, 2.45) is 0 Å². The van der Waals surface area contributed by atoms with Crippen molar-refractivity contribution < 1.29 is 14.7 Å². The number of nitrogens with one attached hydrogen (secondary N) is 2.